The summed E-state index contributed by atoms with van der Waals surface area (Å²) < 4.78 is 1.77. The second-order valence-corrected chi connectivity index (χ2v) is 5.84. The summed E-state index contributed by atoms with van der Waals surface area (Å²) in [6, 6.07) is 6.32. The van der Waals surface area contributed by atoms with Crippen molar-refractivity contribution in [3.63, 3.8) is 0 Å². The van der Waals surface area contributed by atoms with Crippen molar-refractivity contribution in [1.29, 1.82) is 5.26 Å². The molecule has 0 bridgehead atoms. The zero-order chi connectivity index (χ0) is 15.4. The first-order chi connectivity index (χ1) is 10.8. The lowest BCUT2D eigenvalue weighted by Crippen LogP contribution is -2.22. The maximum Gasteiger partial charge on any atom is 0.163 e. The van der Waals surface area contributed by atoms with Crippen LogP contribution in [0.1, 0.15) is 18.2 Å². The molecule has 6 nitrogen and oxygen atoms in total. The second-order valence-electron chi connectivity index (χ2n) is 4.80. The number of fused-ring (bicyclic) bond motifs is 1. The molecule has 0 N–H and O–H groups in total. The summed E-state index contributed by atoms with van der Waals surface area (Å²) in [5, 5.41) is 16.1. The van der Waals surface area contributed by atoms with E-state index in [0.717, 1.165) is 29.9 Å². The van der Waals surface area contributed by atoms with Gasteiger partial charge in [0.15, 0.2) is 5.65 Å². The molecular formula is C15H16N6S. The van der Waals surface area contributed by atoms with Gasteiger partial charge in [-0.3, -0.25) is 0 Å². The summed E-state index contributed by atoms with van der Waals surface area (Å²) in [6.45, 7) is 4.34. The van der Waals surface area contributed by atoms with Crippen LogP contribution in [-0.4, -0.2) is 26.3 Å². The Morgan fingerprint density at radius 2 is 2.32 bits per heavy atom. The molecule has 0 saturated carbocycles. The van der Waals surface area contributed by atoms with Crippen molar-refractivity contribution in [3.8, 4) is 6.07 Å². The number of anilines is 1. The van der Waals surface area contributed by atoms with Crippen molar-refractivity contribution >= 4 is 28.2 Å². The van der Waals surface area contributed by atoms with E-state index in [2.05, 4.69) is 50.5 Å². The Bertz CT molecular complexity index is 786. The van der Waals surface area contributed by atoms with E-state index in [0.29, 0.717) is 13.0 Å². The summed E-state index contributed by atoms with van der Waals surface area (Å²) in [4.78, 5) is 12.3. The number of nitriles is 1. The predicted octanol–water partition coefficient (Wildman–Crippen LogP) is 2.83. The molecule has 0 atom stereocenters. The van der Waals surface area contributed by atoms with Gasteiger partial charge in [-0.1, -0.05) is 6.07 Å². The standard InChI is InChI=1S/C15H16N6S/c1-2-20(10-12-5-3-8-22-12)14-13-9-19-21(7-4-6-16)15(13)18-11-17-14/h3,5,8-9,11H,2,4,7,10H2,1H3. The van der Waals surface area contributed by atoms with E-state index in [1.165, 1.54) is 4.88 Å². The normalized spacial score (nSPS) is 10.7. The van der Waals surface area contributed by atoms with E-state index in [9.17, 15) is 0 Å². The molecular weight excluding hydrogens is 296 g/mol. The van der Waals surface area contributed by atoms with E-state index >= 15 is 0 Å². The minimum atomic E-state index is 0.419. The molecule has 22 heavy (non-hydrogen) atoms. The Morgan fingerprint density at radius 1 is 1.41 bits per heavy atom. The van der Waals surface area contributed by atoms with Crippen LogP contribution in [0.3, 0.4) is 0 Å². The lowest BCUT2D eigenvalue weighted by atomic mass is 10.3. The van der Waals surface area contributed by atoms with Crippen LogP contribution in [-0.2, 0) is 13.1 Å². The molecule has 0 fully saturated rings. The van der Waals surface area contributed by atoms with Gasteiger partial charge in [-0.15, -0.1) is 11.3 Å². The van der Waals surface area contributed by atoms with Crippen LogP contribution in [0.4, 0.5) is 5.82 Å². The monoisotopic (exact) mass is 312 g/mol. The molecule has 0 aliphatic carbocycles. The van der Waals surface area contributed by atoms with Gasteiger partial charge in [0.1, 0.15) is 12.1 Å². The fourth-order valence-electron chi connectivity index (χ4n) is 2.38. The molecule has 0 saturated heterocycles. The first kappa shape index (κ1) is 14.5. The number of aryl methyl sites for hydroxylation is 1. The average molecular weight is 312 g/mol. The van der Waals surface area contributed by atoms with Gasteiger partial charge < -0.3 is 4.90 Å². The van der Waals surface area contributed by atoms with Gasteiger partial charge in [-0.05, 0) is 18.4 Å². The van der Waals surface area contributed by atoms with E-state index in [-0.39, 0.29) is 0 Å². The van der Waals surface area contributed by atoms with Crippen molar-refractivity contribution in [1.82, 2.24) is 19.7 Å². The Labute approximate surface area is 132 Å². The third-order valence-corrected chi connectivity index (χ3v) is 4.32. The topological polar surface area (TPSA) is 70.6 Å². The van der Waals surface area contributed by atoms with Gasteiger partial charge in [-0.25, -0.2) is 14.6 Å². The smallest absolute Gasteiger partial charge is 0.163 e. The summed E-state index contributed by atoms with van der Waals surface area (Å²) in [7, 11) is 0. The highest BCUT2D eigenvalue weighted by Crippen LogP contribution is 2.25. The minimum Gasteiger partial charge on any atom is -0.351 e. The lowest BCUT2D eigenvalue weighted by Gasteiger charge is -2.21. The van der Waals surface area contributed by atoms with E-state index < -0.39 is 0 Å². The van der Waals surface area contributed by atoms with Gasteiger partial charge in [0.2, 0.25) is 0 Å². The van der Waals surface area contributed by atoms with Gasteiger partial charge in [0, 0.05) is 11.4 Å². The first-order valence-electron chi connectivity index (χ1n) is 7.14. The molecule has 0 aliphatic rings. The molecule has 0 aromatic carbocycles. The number of hydrogen-bond donors (Lipinski definition) is 0. The maximum absolute atomic E-state index is 8.73. The zero-order valence-electron chi connectivity index (χ0n) is 12.3. The fraction of sp³-hybridized carbons (Fsp3) is 0.333. The number of thiophene rings is 1. The lowest BCUT2D eigenvalue weighted by molar-refractivity contribution is 0.643. The van der Waals surface area contributed by atoms with Crippen LogP contribution in [0, 0.1) is 11.3 Å². The maximum atomic E-state index is 8.73. The quantitative estimate of drug-likeness (QED) is 0.700. The number of hydrogen-bond acceptors (Lipinski definition) is 6. The number of rotatable bonds is 6. The second kappa shape index (κ2) is 6.54. The largest absolute Gasteiger partial charge is 0.351 e. The molecule has 0 aliphatic heterocycles. The predicted molar refractivity (Wildman–Crippen MR) is 86.6 cm³/mol. The zero-order valence-corrected chi connectivity index (χ0v) is 13.1. The van der Waals surface area contributed by atoms with Gasteiger partial charge in [-0.2, -0.15) is 10.4 Å². The highest BCUT2D eigenvalue weighted by Gasteiger charge is 2.15. The molecule has 0 radical (unpaired) electrons. The van der Waals surface area contributed by atoms with Crippen molar-refractivity contribution < 1.29 is 0 Å². The van der Waals surface area contributed by atoms with Crippen molar-refractivity contribution in [2.45, 2.75) is 26.4 Å². The summed E-state index contributed by atoms with van der Waals surface area (Å²) in [6.07, 6.45) is 3.78. The molecule has 0 unspecified atom stereocenters. The van der Waals surface area contributed by atoms with Crippen LogP contribution in [0.25, 0.3) is 11.0 Å². The minimum absolute atomic E-state index is 0.419. The number of nitrogens with zero attached hydrogens (tertiary/aromatic N) is 6. The van der Waals surface area contributed by atoms with E-state index in [4.69, 9.17) is 5.26 Å². The van der Waals surface area contributed by atoms with E-state index in [1.807, 2.05) is 0 Å². The third kappa shape index (κ3) is 2.78. The summed E-state index contributed by atoms with van der Waals surface area (Å²) >= 11 is 1.74. The highest BCUT2D eigenvalue weighted by molar-refractivity contribution is 7.09. The van der Waals surface area contributed by atoms with E-state index in [1.54, 1.807) is 28.5 Å². The molecule has 3 heterocycles. The van der Waals surface area contributed by atoms with Gasteiger partial charge in [0.25, 0.3) is 0 Å². The van der Waals surface area contributed by atoms with Crippen molar-refractivity contribution in [2.24, 2.45) is 0 Å². The Kier molecular flexibility index (Phi) is 4.30. The molecule has 7 heteroatoms. The summed E-state index contributed by atoms with van der Waals surface area (Å²) in [5.74, 6) is 0.893. The average Bonchev–Trinajstić information content (AvgIpc) is 3.20. The molecule has 112 valence electrons. The van der Waals surface area contributed by atoms with Crippen LogP contribution in [0.15, 0.2) is 30.0 Å². The Morgan fingerprint density at radius 3 is 3.05 bits per heavy atom. The molecule has 3 aromatic rings. The third-order valence-electron chi connectivity index (χ3n) is 3.46. The molecule has 0 amide bonds. The molecule has 3 rings (SSSR count). The Balaban J connectivity index is 1.95. The first-order valence-corrected chi connectivity index (χ1v) is 8.02. The molecule has 0 spiro atoms. The van der Waals surface area contributed by atoms with Crippen LogP contribution >= 0.6 is 11.3 Å². The van der Waals surface area contributed by atoms with Crippen molar-refractivity contribution in [3.05, 3.63) is 34.9 Å². The summed E-state index contributed by atoms with van der Waals surface area (Å²) in [5.41, 5.74) is 0.782. The van der Waals surface area contributed by atoms with Crippen LogP contribution < -0.4 is 4.90 Å². The number of aromatic nitrogens is 4. The van der Waals surface area contributed by atoms with Crippen molar-refractivity contribution in [2.75, 3.05) is 11.4 Å². The SMILES string of the molecule is CCN(Cc1cccs1)c1ncnc2c1cnn2CCC#N. The van der Waals surface area contributed by atoms with Crippen LogP contribution in [0.5, 0.6) is 0 Å². The van der Waals surface area contributed by atoms with Gasteiger partial charge >= 0.3 is 0 Å². The Hall–Kier alpha value is -2.46. The highest BCUT2D eigenvalue weighted by atomic mass is 32.1. The van der Waals surface area contributed by atoms with Crippen LogP contribution in [0.2, 0.25) is 0 Å². The van der Waals surface area contributed by atoms with Gasteiger partial charge in [0.05, 0.1) is 37.2 Å². The fourth-order valence-corrected chi connectivity index (χ4v) is 3.10. The molecule has 3 aromatic heterocycles.